The van der Waals surface area contributed by atoms with Gasteiger partial charge < -0.3 is 5.73 Å². The molecule has 0 amide bonds. The third-order valence-electron chi connectivity index (χ3n) is 2.79. The molecule has 1 heterocycles. The average Bonchev–Trinajstić information content (AvgIpc) is 2.65. The molecule has 108 valence electrons. The van der Waals surface area contributed by atoms with Gasteiger partial charge in [-0.2, -0.15) is 5.10 Å². The van der Waals surface area contributed by atoms with Crippen LogP contribution >= 0.6 is 11.6 Å². The Hall–Kier alpha value is -1.80. The van der Waals surface area contributed by atoms with Gasteiger partial charge in [0.15, 0.2) is 11.6 Å². The van der Waals surface area contributed by atoms with E-state index in [4.69, 9.17) is 17.3 Å². The minimum Gasteiger partial charge on any atom is -0.399 e. The quantitative estimate of drug-likeness (QED) is 0.755. The lowest BCUT2D eigenvalue weighted by Gasteiger charge is -2.09. The number of nitrogen functional groups attached to an aromatic ring is 1. The summed E-state index contributed by atoms with van der Waals surface area (Å²) in [6.07, 6.45) is 0. The summed E-state index contributed by atoms with van der Waals surface area (Å²) < 4.78 is 40.4. The van der Waals surface area contributed by atoms with Crippen LogP contribution in [0.2, 0.25) is 5.02 Å². The number of nitrogens with one attached hydrogen (secondary N) is 2. The Morgan fingerprint density at radius 3 is 2.60 bits per heavy atom. The maximum absolute atomic E-state index is 13.9. The van der Waals surface area contributed by atoms with Crippen molar-refractivity contribution in [3.05, 3.63) is 34.2 Å². The van der Waals surface area contributed by atoms with E-state index in [1.165, 1.54) is 0 Å². The van der Waals surface area contributed by atoms with Gasteiger partial charge in [0, 0.05) is 16.9 Å². The van der Waals surface area contributed by atoms with Gasteiger partial charge in [0.1, 0.15) is 4.90 Å². The van der Waals surface area contributed by atoms with E-state index in [0.29, 0.717) is 11.3 Å². The van der Waals surface area contributed by atoms with E-state index < -0.39 is 20.7 Å². The summed E-state index contributed by atoms with van der Waals surface area (Å²) >= 11 is 5.59. The molecule has 2 aromatic rings. The number of aromatic amines is 1. The van der Waals surface area contributed by atoms with E-state index in [-0.39, 0.29) is 16.5 Å². The van der Waals surface area contributed by atoms with Crippen LogP contribution in [0.5, 0.6) is 0 Å². The molecule has 0 aliphatic rings. The number of nitrogens with zero attached hydrogens (tertiary/aromatic N) is 1. The molecular formula is C11H12ClFN4O2S. The molecule has 2 rings (SSSR count). The molecule has 0 aliphatic carbocycles. The van der Waals surface area contributed by atoms with Crippen LogP contribution in [-0.2, 0) is 10.0 Å². The Morgan fingerprint density at radius 1 is 1.40 bits per heavy atom. The molecule has 4 N–H and O–H groups in total. The SMILES string of the molecule is Cc1[nH]nc(NS(=O)(=O)c2cc(N)cc(Cl)c2F)c1C. The molecular weight excluding hydrogens is 307 g/mol. The van der Waals surface area contributed by atoms with E-state index in [1.807, 2.05) is 0 Å². The molecule has 1 aromatic heterocycles. The number of hydrogen-bond donors (Lipinski definition) is 3. The number of nitrogens with two attached hydrogens (primary N) is 1. The van der Waals surface area contributed by atoms with Gasteiger partial charge in [-0.3, -0.25) is 9.82 Å². The topological polar surface area (TPSA) is 101 Å². The number of anilines is 2. The van der Waals surface area contributed by atoms with E-state index >= 15 is 0 Å². The van der Waals surface area contributed by atoms with E-state index in [2.05, 4.69) is 14.9 Å². The van der Waals surface area contributed by atoms with Crippen LogP contribution in [-0.4, -0.2) is 18.6 Å². The van der Waals surface area contributed by atoms with Crippen LogP contribution in [0.3, 0.4) is 0 Å². The Kier molecular flexibility index (Phi) is 3.61. The number of aromatic nitrogens is 2. The zero-order valence-electron chi connectivity index (χ0n) is 10.7. The van der Waals surface area contributed by atoms with Crippen molar-refractivity contribution in [1.29, 1.82) is 0 Å². The highest BCUT2D eigenvalue weighted by atomic mass is 35.5. The lowest BCUT2D eigenvalue weighted by molar-refractivity contribution is 0.570. The molecule has 0 unspecified atom stereocenters. The van der Waals surface area contributed by atoms with Crippen LogP contribution < -0.4 is 10.5 Å². The number of rotatable bonds is 3. The fraction of sp³-hybridized carbons (Fsp3) is 0.182. The molecule has 0 atom stereocenters. The summed E-state index contributed by atoms with van der Waals surface area (Å²) in [6.45, 7) is 3.41. The first-order valence-corrected chi connectivity index (χ1v) is 7.37. The lowest BCUT2D eigenvalue weighted by Crippen LogP contribution is -2.16. The zero-order valence-corrected chi connectivity index (χ0v) is 12.2. The number of halogens is 2. The van der Waals surface area contributed by atoms with Crippen molar-refractivity contribution in [3.8, 4) is 0 Å². The van der Waals surface area contributed by atoms with Crippen molar-refractivity contribution in [1.82, 2.24) is 10.2 Å². The van der Waals surface area contributed by atoms with Crippen LogP contribution in [0.4, 0.5) is 15.9 Å². The van der Waals surface area contributed by atoms with Crippen molar-refractivity contribution in [2.45, 2.75) is 18.7 Å². The summed E-state index contributed by atoms with van der Waals surface area (Å²) in [5, 5.41) is 6.06. The maximum atomic E-state index is 13.9. The molecule has 0 saturated carbocycles. The largest absolute Gasteiger partial charge is 0.399 e. The smallest absolute Gasteiger partial charge is 0.266 e. The molecule has 1 aromatic carbocycles. The van der Waals surface area contributed by atoms with Crippen molar-refractivity contribution in [2.24, 2.45) is 0 Å². The zero-order chi connectivity index (χ0) is 15.1. The number of hydrogen-bond acceptors (Lipinski definition) is 4. The van der Waals surface area contributed by atoms with Gasteiger partial charge in [0.2, 0.25) is 0 Å². The summed E-state index contributed by atoms with van der Waals surface area (Å²) in [6, 6.07) is 2.14. The van der Waals surface area contributed by atoms with Crippen molar-refractivity contribution in [3.63, 3.8) is 0 Å². The molecule has 20 heavy (non-hydrogen) atoms. The molecule has 6 nitrogen and oxygen atoms in total. The van der Waals surface area contributed by atoms with Gasteiger partial charge >= 0.3 is 0 Å². The molecule has 0 aliphatic heterocycles. The van der Waals surface area contributed by atoms with E-state index in [9.17, 15) is 12.8 Å². The first kappa shape index (κ1) is 14.6. The summed E-state index contributed by atoms with van der Waals surface area (Å²) in [7, 11) is -4.17. The maximum Gasteiger partial charge on any atom is 0.266 e. The second kappa shape index (κ2) is 4.95. The highest BCUT2D eigenvalue weighted by Crippen LogP contribution is 2.27. The van der Waals surface area contributed by atoms with Crippen LogP contribution in [0, 0.1) is 19.7 Å². The summed E-state index contributed by atoms with van der Waals surface area (Å²) in [5.41, 5.74) is 6.85. The third kappa shape index (κ3) is 2.56. The molecule has 0 bridgehead atoms. The van der Waals surface area contributed by atoms with Crippen LogP contribution in [0.25, 0.3) is 0 Å². The predicted octanol–water partition coefficient (Wildman–Crippen LogP) is 2.20. The van der Waals surface area contributed by atoms with Gasteiger partial charge in [0.05, 0.1) is 5.02 Å². The second-order valence-electron chi connectivity index (χ2n) is 4.24. The van der Waals surface area contributed by atoms with Crippen LogP contribution in [0.1, 0.15) is 11.3 Å². The van der Waals surface area contributed by atoms with Gasteiger partial charge in [-0.25, -0.2) is 12.8 Å². The average molecular weight is 319 g/mol. The number of H-pyrrole nitrogens is 1. The standard InChI is InChI=1S/C11H12ClFN4O2S/c1-5-6(2)15-16-11(5)17-20(18,19)9-4-7(14)3-8(12)10(9)13/h3-4H,14H2,1-2H3,(H2,15,16,17). The normalized spacial score (nSPS) is 11.6. The molecule has 0 fully saturated rings. The second-order valence-corrected chi connectivity index (χ2v) is 6.30. The highest BCUT2D eigenvalue weighted by molar-refractivity contribution is 7.92. The van der Waals surface area contributed by atoms with E-state index in [1.54, 1.807) is 13.8 Å². The molecule has 0 saturated heterocycles. The van der Waals surface area contributed by atoms with Gasteiger partial charge in [-0.15, -0.1) is 0 Å². The highest BCUT2D eigenvalue weighted by Gasteiger charge is 2.23. The summed E-state index contributed by atoms with van der Waals surface area (Å²) in [5.74, 6) is -0.960. The fourth-order valence-electron chi connectivity index (χ4n) is 1.55. The Balaban J connectivity index is 2.49. The van der Waals surface area contributed by atoms with Gasteiger partial charge in [-0.1, -0.05) is 11.6 Å². The van der Waals surface area contributed by atoms with E-state index in [0.717, 1.165) is 12.1 Å². The minimum atomic E-state index is -4.17. The van der Waals surface area contributed by atoms with Gasteiger partial charge in [-0.05, 0) is 26.0 Å². The molecule has 0 spiro atoms. The first-order valence-electron chi connectivity index (χ1n) is 5.51. The van der Waals surface area contributed by atoms with Crippen molar-refractivity contribution >= 4 is 33.1 Å². The summed E-state index contributed by atoms with van der Waals surface area (Å²) in [4.78, 5) is -0.623. The monoisotopic (exact) mass is 318 g/mol. The van der Waals surface area contributed by atoms with Gasteiger partial charge in [0.25, 0.3) is 10.0 Å². The van der Waals surface area contributed by atoms with Crippen molar-refractivity contribution in [2.75, 3.05) is 10.5 Å². The minimum absolute atomic E-state index is 0.0479. The Bertz CT molecular complexity index is 773. The lowest BCUT2D eigenvalue weighted by atomic mass is 10.3. The number of aryl methyl sites for hydroxylation is 1. The first-order chi connectivity index (χ1) is 9.22. The number of benzene rings is 1. The molecule has 9 heteroatoms. The Labute approximate surface area is 120 Å². The molecule has 0 radical (unpaired) electrons. The predicted molar refractivity (Wildman–Crippen MR) is 74.7 cm³/mol. The van der Waals surface area contributed by atoms with Crippen molar-refractivity contribution < 1.29 is 12.8 Å². The fourth-order valence-corrected chi connectivity index (χ4v) is 3.03. The Morgan fingerprint density at radius 2 is 2.05 bits per heavy atom. The van der Waals surface area contributed by atoms with Crippen LogP contribution in [0.15, 0.2) is 17.0 Å². The number of sulfonamides is 1. The third-order valence-corrected chi connectivity index (χ3v) is 4.40.